The molecule has 0 amide bonds. The molecule has 0 bridgehead atoms. The summed E-state index contributed by atoms with van der Waals surface area (Å²) in [6, 6.07) is 9.64. The van der Waals surface area contributed by atoms with E-state index in [1.165, 1.54) is 24.3 Å². The van der Waals surface area contributed by atoms with Crippen molar-refractivity contribution < 1.29 is 56.7 Å². The Kier molecular flexibility index (Phi) is 8.62. The van der Waals surface area contributed by atoms with Crippen LogP contribution in [0.3, 0.4) is 0 Å². The van der Waals surface area contributed by atoms with E-state index < -0.39 is 23.9 Å². The minimum atomic E-state index is -1.33. The van der Waals surface area contributed by atoms with Gasteiger partial charge in [0, 0.05) is 0 Å². The van der Waals surface area contributed by atoms with E-state index in [4.69, 9.17) is 10.2 Å². The summed E-state index contributed by atoms with van der Waals surface area (Å²) in [5, 5.41) is 37.3. The number of hydrogen-bond donors (Lipinski definition) is 2. The van der Waals surface area contributed by atoms with Crippen LogP contribution in [0.15, 0.2) is 48.5 Å². The molecule has 2 N–H and O–H groups in total. The number of carbonyl (C=O) groups excluding carboxylic acids is 2. The van der Waals surface area contributed by atoms with Crippen LogP contribution in [0, 0.1) is 0 Å². The zero-order chi connectivity index (χ0) is 18.3. The third-order valence-electron chi connectivity index (χ3n) is 2.74. The third kappa shape index (κ3) is 6.86. The van der Waals surface area contributed by atoms with E-state index in [2.05, 4.69) is 0 Å². The Morgan fingerprint density at radius 2 is 0.760 bits per heavy atom. The van der Waals surface area contributed by atoms with Gasteiger partial charge in [-0.1, -0.05) is 24.3 Å². The van der Waals surface area contributed by atoms with Crippen molar-refractivity contribution in [2.24, 2.45) is 0 Å². The zero-order valence-corrected chi connectivity index (χ0v) is 13.5. The quantitative estimate of drug-likeness (QED) is 0.667. The summed E-state index contributed by atoms with van der Waals surface area (Å²) in [6.07, 6.45) is 0. The van der Waals surface area contributed by atoms with E-state index >= 15 is 0 Å². The molecule has 0 atom stereocenters. The molecule has 0 aromatic heterocycles. The summed E-state index contributed by atoms with van der Waals surface area (Å²) in [5.74, 6) is -4.79. The summed E-state index contributed by atoms with van der Waals surface area (Å²) >= 11 is 0. The van der Waals surface area contributed by atoms with Crippen LogP contribution in [0.25, 0.3) is 0 Å². The van der Waals surface area contributed by atoms with Crippen molar-refractivity contribution in [2.75, 3.05) is 0 Å². The van der Waals surface area contributed by atoms with Crippen molar-refractivity contribution in [3.8, 4) is 0 Å². The molecule has 0 unspecified atom stereocenters. The predicted octanol–water partition coefficient (Wildman–Crippen LogP) is -0.506. The fraction of sp³-hybridized carbons (Fsp3) is 0. The second-order valence-corrected chi connectivity index (χ2v) is 4.34. The van der Waals surface area contributed by atoms with E-state index in [1.54, 1.807) is 0 Å². The van der Waals surface area contributed by atoms with E-state index in [1.807, 2.05) is 0 Å². The van der Waals surface area contributed by atoms with Gasteiger partial charge in [0.05, 0.1) is 23.1 Å². The first-order valence-corrected chi connectivity index (χ1v) is 6.31. The van der Waals surface area contributed by atoms with E-state index in [9.17, 15) is 29.4 Å². The largest absolute Gasteiger partial charge is 2.00 e. The van der Waals surface area contributed by atoms with Gasteiger partial charge < -0.3 is 30.0 Å². The SMILES string of the molecule is O=C(O)c1ccc(C(=O)O)cc1.O=C([O-])c1ccc(C(=O)[O-])cc1.[Mn+2]. The number of carbonyl (C=O) groups is 4. The van der Waals surface area contributed by atoms with Crippen LogP contribution in [0.5, 0.6) is 0 Å². The Morgan fingerprint density at radius 1 is 0.560 bits per heavy atom. The third-order valence-corrected chi connectivity index (χ3v) is 2.74. The fourth-order valence-corrected chi connectivity index (χ4v) is 1.50. The van der Waals surface area contributed by atoms with Crippen LogP contribution in [0.4, 0.5) is 0 Å². The Bertz CT molecular complexity index is 632. The standard InChI is InChI=1S/2C8H6O4.Mn/c2*9-7(10)5-1-2-6(4-3-5)8(11)12;/h2*1-4H,(H,9,10)(H,11,12);/q;;+2/p-2. The molecule has 0 saturated carbocycles. The van der Waals surface area contributed by atoms with Crippen LogP contribution in [0.2, 0.25) is 0 Å². The first-order valence-electron chi connectivity index (χ1n) is 6.31. The molecule has 1 radical (unpaired) electrons. The summed E-state index contributed by atoms with van der Waals surface area (Å²) in [6.45, 7) is 0. The summed E-state index contributed by atoms with van der Waals surface area (Å²) in [5.41, 5.74) is 0.0556. The van der Waals surface area contributed by atoms with Gasteiger partial charge in [-0.05, 0) is 35.4 Å². The van der Waals surface area contributed by atoms with Gasteiger partial charge in [0.1, 0.15) is 0 Å². The molecule has 129 valence electrons. The molecule has 2 rings (SSSR count). The van der Waals surface area contributed by atoms with Gasteiger partial charge in [0.15, 0.2) is 0 Å². The average molecular weight is 385 g/mol. The van der Waals surface area contributed by atoms with Crippen molar-refractivity contribution >= 4 is 23.9 Å². The summed E-state index contributed by atoms with van der Waals surface area (Å²) in [7, 11) is 0. The molecule has 2 aromatic carbocycles. The minimum Gasteiger partial charge on any atom is -0.545 e. The Balaban J connectivity index is 0.000000443. The van der Waals surface area contributed by atoms with E-state index in [-0.39, 0.29) is 39.3 Å². The average Bonchev–Trinajstić information content (AvgIpc) is 2.55. The molecule has 9 heteroatoms. The summed E-state index contributed by atoms with van der Waals surface area (Å²) in [4.78, 5) is 41.1. The van der Waals surface area contributed by atoms with Crippen LogP contribution in [-0.4, -0.2) is 34.1 Å². The Morgan fingerprint density at radius 3 is 0.920 bits per heavy atom. The number of rotatable bonds is 4. The number of aromatic carboxylic acids is 4. The number of carboxylic acid groups (broad SMARTS) is 4. The fourth-order valence-electron chi connectivity index (χ4n) is 1.50. The first kappa shape index (κ1) is 21.8. The van der Waals surface area contributed by atoms with Crippen LogP contribution < -0.4 is 10.2 Å². The van der Waals surface area contributed by atoms with Gasteiger partial charge >= 0.3 is 29.0 Å². The molecule has 0 fully saturated rings. The number of carboxylic acids is 4. The second kappa shape index (κ2) is 9.86. The molecule has 0 spiro atoms. The van der Waals surface area contributed by atoms with Gasteiger partial charge in [-0.2, -0.15) is 0 Å². The molecule has 25 heavy (non-hydrogen) atoms. The molecule has 0 aliphatic carbocycles. The number of benzene rings is 2. The molecule has 0 aliphatic rings. The first-order chi connectivity index (χ1) is 11.2. The van der Waals surface area contributed by atoms with Gasteiger partial charge in [0.2, 0.25) is 0 Å². The Labute approximate surface area is 151 Å². The second-order valence-electron chi connectivity index (χ2n) is 4.34. The van der Waals surface area contributed by atoms with Crippen LogP contribution in [-0.2, 0) is 17.1 Å². The van der Waals surface area contributed by atoms with Gasteiger partial charge in [-0.3, -0.25) is 0 Å². The van der Waals surface area contributed by atoms with Crippen LogP contribution >= 0.6 is 0 Å². The maximum Gasteiger partial charge on any atom is 2.00 e. The van der Waals surface area contributed by atoms with E-state index in [0.29, 0.717) is 0 Å². The molecule has 0 aliphatic heterocycles. The van der Waals surface area contributed by atoms with Crippen LogP contribution in [0.1, 0.15) is 41.4 Å². The van der Waals surface area contributed by atoms with Gasteiger partial charge in [-0.15, -0.1) is 0 Å². The monoisotopic (exact) mass is 385 g/mol. The van der Waals surface area contributed by atoms with E-state index in [0.717, 1.165) is 24.3 Å². The molecular weight excluding hydrogens is 375 g/mol. The normalized spacial score (nSPS) is 8.96. The molecule has 0 heterocycles. The van der Waals surface area contributed by atoms with Gasteiger partial charge in [-0.25, -0.2) is 9.59 Å². The maximum absolute atomic E-state index is 10.3. The van der Waals surface area contributed by atoms with Crippen molar-refractivity contribution in [3.05, 3.63) is 70.8 Å². The Hall–Kier alpha value is -3.16. The molecule has 8 nitrogen and oxygen atoms in total. The van der Waals surface area contributed by atoms with Crippen molar-refractivity contribution in [1.29, 1.82) is 0 Å². The van der Waals surface area contributed by atoms with Crippen molar-refractivity contribution in [1.82, 2.24) is 0 Å². The van der Waals surface area contributed by atoms with Crippen molar-refractivity contribution in [3.63, 3.8) is 0 Å². The molecule has 2 aromatic rings. The molecular formula is C16H10MnO8. The molecule has 0 saturated heterocycles. The summed E-state index contributed by atoms with van der Waals surface area (Å²) < 4.78 is 0. The zero-order valence-electron chi connectivity index (χ0n) is 12.3. The minimum absolute atomic E-state index is 0. The predicted molar refractivity (Wildman–Crippen MR) is 75.5 cm³/mol. The topological polar surface area (TPSA) is 155 Å². The smallest absolute Gasteiger partial charge is 0.545 e. The maximum atomic E-state index is 10.3. The van der Waals surface area contributed by atoms with Gasteiger partial charge in [0.25, 0.3) is 0 Å². The number of hydrogen-bond acceptors (Lipinski definition) is 6. The van der Waals surface area contributed by atoms with Crippen molar-refractivity contribution in [2.45, 2.75) is 0 Å².